The predicted octanol–water partition coefficient (Wildman–Crippen LogP) is 3.03. The van der Waals surface area contributed by atoms with Crippen LogP contribution in [0.1, 0.15) is 34.3 Å². The average Bonchev–Trinajstić information content (AvgIpc) is 3.00. The zero-order valence-electron chi connectivity index (χ0n) is 10.5. The van der Waals surface area contributed by atoms with Crippen LogP contribution < -0.4 is 5.32 Å². The number of thioether (sulfide) groups is 1. The molecule has 1 unspecified atom stereocenters. The number of fused-ring (bicyclic) bond motifs is 1. The van der Waals surface area contributed by atoms with Gasteiger partial charge in [-0.1, -0.05) is 29.5 Å². The van der Waals surface area contributed by atoms with Gasteiger partial charge >= 0.3 is 0 Å². The van der Waals surface area contributed by atoms with E-state index in [-0.39, 0.29) is 0 Å². The summed E-state index contributed by atoms with van der Waals surface area (Å²) in [5, 5.41) is 14.5. The van der Waals surface area contributed by atoms with Crippen LogP contribution in [0.5, 0.6) is 0 Å². The lowest BCUT2D eigenvalue weighted by atomic mass is 10.0. The smallest absolute Gasteiger partial charge is 0.131 e. The van der Waals surface area contributed by atoms with Crippen molar-refractivity contribution in [2.45, 2.75) is 36.2 Å². The van der Waals surface area contributed by atoms with Gasteiger partial charge in [0.05, 0.1) is 0 Å². The second kappa shape index (κ2) is 4.89. The summed E-state index contributed by atoms with van der Waals surface area (Å²) in [4.78, 5) is 1.40. The molecule has 1 aliphatic carbocycles. The third-order valence-corrected chi connectivity index (χ3v) is 5.82. The van der Waals surface area contributed by atoms with Crippen LogP contribution in [-0.2, 0) is 6.54 Å². The second-order valence-electron chi connectivity index (χ2n) is 5.09. The average molecular weight is 289 g/mol. The van der Waals surface area contributed by atoms with Gasteiger partial charge in [-0.3, -0.25) is 0 Å². The molecule has 2 aromatic rings. The van der Waals surface area contributed by atoms with Crippen molar-refractivity contribution in [3.05, 3.63) is 39.8 Å². The van der Waals surface area contributed by atoms with E-state index < -0.39 is 0 Å². The molecule has 1 N–H and O–H groups in total. The number of benzene rings is 1. The quantitative estimate of drug-likeness (QED) is 0.939. The van der Waals surface area contributed by atoms with Gasteiger partial charge in [0.1, 0.15) is 10.0 Å². The Morgan fingerprint density at radius 2 is 2.11 bits per heavy atom. The fourth-order valence-corrected chi connectivity index (χ4v) is 4.62. The van der Waals surface area contributed by atoms with Gasteiger partial charge in [-0.2, -0.15) is 0 Å². The molecule has 2 aliphatic rings. The molecule has 1 atom stereocenters. The predicted molar refractivity (Wildman–Crippen MR) is 78.8 cm³/mol. The lowest BCUT2D eigenvalue weighted by Gasteiger charge is -2.05. The van der Waals surface area contributed by atoms with Crippen molar-refractivity contribution in [2.24, 2.45) is 0 Å². The molecule has 0 radical (unpaired) electrons. The van der Waals surface area contributed by atoms with E-state index in [1.54, 1.807) is 11.3 Å². The molecule has 0 spiro atoms. The lowest BCUT2D eigenvalue weighted by molar-refractivity contribution is 0.678. The Hall–Kier alpha value is -0.910. The largest absolute Gasteiger partial charge is 0.308 e. The Kier molecular flexibility index (Phi) is 3.06. The monoisotopic (exact) mass is 289 g/mol. The van der Waals surface area contributed by atoms with Gasteiger partial charge in [-0.05, 0) is 24.5 Å². The molecule has 1 aromatic heterocycles. The highest BCUT2D eigenvalue weighted by atomic mass is 32.2. The molecule has 0 saturated heterocycles. The Bertz CT molecular complexity index is 592. The lowest BCUT2D eigenvalue weighted by Crippen LogP contribution is -2.14. The maximum absolute atomic E-state index is 4.41. The van der Waals surface area contributed by atoms with Crippen LogP contribution in [0.3, 0.4) is 0 Å². The van der Waals surface area contributed by atoms with Gasteiger partial charge in [0, 0.05) is 29.2 Å². The minimum absolute atomic E-state index is 0.438. The minimum Gasteiger partial charge on any atom is -0.308 e. The molecule has 1 saturated carbocycles. The highest BCUT2D eigenvalue weighted by molar-refractivity contribution is 7.99. The van der Waals surface area contributed by atoms with Crippen LogP contribution in [0.25, 0.3) is 0 Å². The fourth-order valence-electron chi connectivity index (χ4n) is 2.37. The van der Waals surface area contributed by atoms with Crippen molar-refractivity contribution in [1.82, 2.24) is 15.5 Å². The highest BCUT2D eigenvalue weighted by Gasteiger charge is 2.27. The summed E-state index contributed by atoms with van der Waals surface area (Å²) in [6, 6.07) is 9.39. The van der Waals surface area contributed by atoms with Gasteiger partial charge < -0.3 is 5.32 Å². The molecular formula is C14H15N3S2. The fraction of sp³-hybridized carbons (Fsp3) is 0.429. The molecule has 1 aromatic carbocycles. The van der Waals surface area contributed by atoms with Gasteiger partial charge in [0.15, 0.2) is 0 Å². The first-order valence-corrected chi connectivity index (χ1v) is 8.48. The first-order valence-electron chi connectivity index (χ1n) is 6.67. The minimum atomic E-state index is 0.438. The number of hydrogen-bond donors (Lipinski definition) is 1. The van der Waals surface area contributed by atoms with Crippen LogP contribution in [0, 0.1) is 0 Å². The van der Waals surface area contributed by atoms with Crippen molar-refractivity contribution in [2.75, 3.05) is 5.75 Å². The second-order valence-corrected chi connectivity index (χ2v) is 7.25. The van der Waals surface area contributed by atoms with Crippen molar-refractivity contribution < 1.29 is 0 Å². The third kappa shape index (κ3) is 2.42. The number of hydrogen-bond acceptors (Lipinski definition) is 5. The molecule has 5 heteroatoms. The molecule has 19 heavy (non-hydrogen) atoms. The van der Waals surface area contributed by atoms with Crippen molar-refractivity contribution >= 4 is 23.1 Å². The maximum atomic E-state index is 4.41. The van der Waals surface area contributed by atoms with Gasteiger partial charge in [-0.15, -0.1) is 22.0 Å². The number of nitrogens with zero attached hydrogens (tertiary/aromatic N) is 2. The molecular weight excluding hydrogens is 274 g/mol. The van der Waals surface area contributed by atoms with E-state index in [9.17, 15) is 0 Å². The van der Waals surface area contributed by atoms with E-state index in [0.717, 1.165) is 23.3 Å². The summed E-state index contributed by atoms with van der Waals surface area (Å²) < 4.78 is 0. The number of rotatable bonds is 4. The van der Waals surface area contributed by atoms with E-state index in [0.29, 0.717) is 5.92 Å². The summed E-state index contributed by atoms with van der Waals surface area (Å²) in [6.07, 6.45) is 2.64. The number of nitrogens with one attached hydrogen (secondary N) is 1. The Morgan fingerprint density at radius 3 is 3.00 bits per heavy atom. The van der Waals surface area contributed by atoms with Crippen molar-refractivity contribution in [1.29, 1.82) is 0 Å². The maximum Gasteiger partial charge on any atom is 0.131 e. The van der Waals surface area contributed by atoms with Crippen molar-refractivity contribution in [3.63, 3.8) is 0 Å². The Labute approximate surface area is 120 Å². The summed E-state index contributed by atoms with van der Waals surface area (Å²) in [5.41, 5.74) is 1.42. The first kappa shape index (κ1) is 11.9. The van der Waals surface area contributed by atoms with Crippen LogP contribution in [-0.4, -0.2) is 22.0 Å². The Morgan fingerprint density at radius 1 is 1.21 bits per heavy atom. The van der Waals surface area contributed by atoms with E-state index in [2.05, 4.69) is 39.8 Å². The first-order chi connectivity index (χ1) is 9.40. The van der Waals surface area contributed by atoms with Gasteiger partial charge in [-0.25, -0.2) is 0 Å². The molecule has 0 bridgehead atoms. The summed E-state index contributed by atoms with van der Waals surface area (Å²) >= 11 is 3.70. The van der Waals surface area contributed by atoms with Crippen LogP contribution in [0.2, 0.25) is 0 Å². The Balaban J connectivity index is 1.53. The standard InChI is InChI=1S/C14H15N3S2/c1-2-4-12-10(3-1)11(8-18-12)14-17-16-13(19-14)7-15-9-5-6-9/h1-4,9,11,15H,5-8H2. The molecule has 0 amide bonds. The zero-order valence-corrected chi connectivity index (χ0v) is 12.1. The van der Waals surface area contributed by atoms with Gasteiger partial charge in [0.25, 0.3) is 0 Å². The molecule has 1 fully saturated rings. The normalized spacial score (nSPS) is 21.6. The molecule has 2 heterocycles. The number of aromatic nitrogens is 2. The molecule has 3 nitrogen and oxygen atoms in total. The topological polar surface area (TPSA) is 37.8 Å². The molecule has 4 rings (SSSR count). The van der Waals surface area contributed by atoms with E-state index in [1.807, 2.05) is 11.8 Å². The zero-order chi connectivity index (χ0) is 12.7. The summed E-state index contributed by atoms with van der Waals surface area (Å²) in [7, 11) is 0. The van der Waals surface area contributed by atoms with Crippen LogP contribution in [0.15, 0.2) is 29.2 Å². The highest BCUT2D eigenvalue weighted by Crippen LogP contribution is 2.43. The molecule has 1 aliphatic heterocycles. The van der Waals surface area contributed by atoms with E-state index >= 15 is 0 Å². The van der Waals surface area contributed by atoms with Crippen molar-refractivity contribution in [3.8, 4) is 0 Å². The van der Waals surface area contributed by atoms with E-state index in [4.69, 9.17) is 0 Å². The van der Waals surface area contributed by atoms with Gasteiger partial charge in [0.2, 0.25) is 0 Å². The third-order valence-electron chi connectivity index (χ3n) is 3.60. The molecule has 98 valence electrons. The SMILES string of the molecule is c1ccc2c(c1)SCC2c1nnc(CNC2CC2)s1. The summed E-state index contributed by atoms with van der Waals surface area (Å²) in [6.45, 7) is 0.879. The van der Waals surface area contributed by atoms with E-state index in [1.165, 1.54) is 28.3 Å². The van der Waals surface area contributed by atoms with Crippen LogP contribution >= 0.6 is 23.1 Å². The van der Waals surface area contributed by atoms with Crippen LogP contribution in [0.4, 0.5) is 0 Å². The summed E-state index contributed by atoms with van der Waals surface area (Å²) in [5.74, 6) is 1.54.